The standard InChI is InChI=1S/C18H15N3/c1-3-9-16-14(7-1)15-8-2-4-10-17(15)21(16)13-20-18-11-5-6-12-19-18/h1-12H,13H2,(H,19,20). The van der Waals surface area contributed by atoms with Gasteiger partial charge in [0.25, 0.3) is 0 Å². The Hall–Kier alpha value is -2.81. The minimum atomic E-state index is 0.699. The molecule has 2 aromatic heterocycles. The maximum Gasteiger partial charge on any atom is 0.127 e. The molecule has 0 bridgehead atoms. The summed E-state index contributed by atoms with van der Waals surface area (Å²) in [5, 5.41) is 5.96. The van der Waals surface area contributed by atoms with Crippen LogP contribution in [-0.2, 0) is 6.67 Å². The van der Waals surface area contributed by atoms with Crippen LogP contribution in [0, 0.1) is 0 Å². The van der Waals surface area contributed by atoms with E-state index in [1.807, 2.05) is 18.2 Å². The van der Waals surface area contributed by atoms with Crippen LogP contribution in [0.2, 0.25) is 0 Å². The fourth-order valence-corrected chi connectivity index (χ4v) is 2.80. The molecule has 4 rings (SSSR count). The van der Waals surface area contributed by atoms with Crippen LogP contribution in [0.15, 0.2) is 72.9 Å². The molecule has 0 aliphatic carbocycles. The van der Waals surface area contributed by atoms with Crippen molar-refractivity contribution in [3.8, 4) is 0 Å². The minimum absolute atomic E-state index is 0.699. The molecule has 0 saturated carbocycles. The Morgan fingerprint density at radius 2 is 1.38 bits per heavy atom. The molecule has 102 valence electrons. The Balaban J connectivity index is 1.82. The largest absolute Gasteiger partial charge is 0.352 e. The number of hydrogen-bond acceptors (Lipinski definition) is 2. The van der Waals surface area contributed by atoms with Gasteiger partial charge in [0.15, 0.2) is 0 Å². The number of pyridine rings is 1. The molecule has 0 aliphatic rings. The third-order valence-corrected chi connectivity index (χ3v) is 3.76. The van der Waals surface area contributed by atoms with Gasteiger partial charge in [0.2, 0.25) is 0 Å². The maximum atomic E-state index is 4.31. The predicted octanol–water partition coefficient (Wildman–Crippen LogP) is 4.26. The average Bonchev–Trinajstić information content (AvgIpc) is 2.88. The van der Waals surface area contributed by atoms with Gasteiger partial charge in [-0.25, -0.2) is 4.98 Å². The summed E-state index contributed by atoms with van der Waals surface area (Å²) < 4.78 is 2.29. The average molecular weight is 273 g/mol. The van der Waals surface area contributed by atoms with Gasteiger partial charge in [-0.05, 0) is 24.3 Å². The molecule has 0 atom stereocenters. The number of rotatable bonds is 3. The number of nitrogens with zero attached hydrogens (tertiary/aromatic N) is 2. The number of benzene rings is 2. The van der Waals surface area contributed by atoms with Gasteiger partial charge in [-0.15, -0.1) is 0 Å². The van der Waals surface area contributed by atoms with E-state index >= 15 is 0 Å². The van der Waals surface area contributed by atoms with Crippen LogP contribution < -0.4 is 5.32 Å². The molecule has 1 N–H and O–H groups in total. The zero-order valence-corrected chi connectivity index (χ0v) is 11.5. The summed E-state index contributed by atoms with van der Waals surface area (Å²) in [5.41, 5.74) is 2.48. The molecule has 0 radical (unpaired) electrons. The molecule has 0 fully saturated rings. The van der Waals surface area contributed by atoms with Gasteiger partial charge in [0.1, 0.15) is 5.82 Å². The first-order valence-electron chi connectivity index (χ1n) is 7.04. The van der Waals surface area contributed by atoms with E-state index in [0.717, 1.165) is 5.82 Å². The molecule has 3 nitrogen and oxygen atoms in total. The third-order valence-electron chi connectivity index (χ3n) is 3.76. The monoisotopic (exact) mass is 273 g/mol. The smallest absolute Gasteiger partial charge is 0.127 e. The number of para-hydroxylation sites is 2. The quantitative estimate of drug-likeness (QED) is 0.604. The van der Waals surface area contributed by atoms with Crippen LogP contribution in [0.25, 0.3) is 21.8 Å². The molecule has 4 aromatic rings. The number of nitrogens with one attached hydrogen (secondary N) is 1. The van der Waals surface area contributed by atoms with E-state index < -0.39 is 0 Å². The summed E-state index contributed by atoms with van der Waals surface area (Å²) in [6.07, 6.45) is 1.80. The summed E-state index contributed by atoms with van der Waals surface area (Å²) in [6, 6.07) is 22.9. The van der Waals surface area contributed by atoms with Gasteiger partial charge in [-0.1, -0.05) is 42.5 Å². The Kier molecular flexibility index (Phi) is 2.82. The molecule has 21 heavy (non-hydrogen) atoms. The van der Waals surface area contributed by atoms with Crippen LogP contribution in [0.1, 0.15) is 0 Å². The van der Waals surface area contributed by atoms with Crippen molar-refractivity contribution in [2.75, 3.05) is 5.32 Å². The SMILES string of the molecule is c1ccc(NCn2c3ccccc3c3ccccc32)nc1. The summed E-state index contributed by atoms with van der Waals surface area (Å²) in [7, 11) is 0. The highest BCUT2D eigenvalue weighted by molar-refractivity contribution is 6.07. The maximum absolute atomic E-state index is 4.31. The highest BCUT2D eigenvalue weighted by Crippen LogP contribution is 2.28. The van der Waals surface area contributed by atoms with E-state index in [4.69, 9.17) is 0 Å². The second-order valence-corrected chi connectivity index (χ2v) is 5.01. The van der Waals surface area contributed by atoms with Crippen LogP contribution in [0.5, 0.6) is 0 Å². The Morgan fingerprint density at radius 3 is 2.00 bits per heavy atom. The van der Waals surface area contributed by atoms with Crippen molar-refractivity contribution in [3.05, 3.63) is 72.9 Å². The third kappa shape index (κ3) is 2.03. The molecular weight excluding hydrogens is 258 g/mol. The Morgan fingerprint density at radius 1 is 0.762 bits per heavy atom. The fraction of sp³-hybridized carbons (Fsp3) is 0.0556. The second-order valence-electron chi connectivity index (χ2n) is 5.01. The first-order chi connectivity index (χ1) is 10.4. The normalized spacial score (nSPS) is 11.0. The molecule has 0 aliphatic heterocycles. The highest BCUT2D eigenvalue weighted by atomic mass is 15.1. The summed E-state index contributed by atoms with van der Waals surface area (Å²) in [4.78, 5) is 4.31. The molecule has 0 unspecified atom stereocenters. The zero-order valence-electron chi connectivity index (χ0n) is 11.5. The molecule has 0 spiro atoms. The number of anilines is 1. The van der Waals surface area contributed by atoms with E-state index in [1.165, 1.54) is 21.8 Å². The van der Waals surface area contributed by atoms with Crippen molar-refractivity contribution in [2.24, 2.45) is 0 Å². The molecule has 2 heterocycles. The van der Waals surface area contributed by atoms with Crippen molar-refractivity contribution in [1.82, 2.24) is 9.55 Å². The van der Waals surface area contributed by atoms with E-state index in [2.05, 4.69) is 63.4 Å². The van der Waals surface area contributed by atoms with E-state index in [0.29, 0.717) is 6.67 Å². The van der Waals surface area contributed by atoms with Crippen LogP contribution >= 0.6 is 0 Å². The van der Waals surface area contributed by atoms with Crippen LogP contribution in [-0.4, -0.2) is 9.55 Å². The lowest BCUT2D eigenvalue weighted by molar-refractivity contribution is 0.835. The summed E-state index contributed by atoms with van der Waals surface area (Å²) in [5.74, 6) is 0.888. The van der Waals surface area contributed by atoms with E-state index in [1.54, 1.807) is 6.20 Å². The molecule has 2 aromatic carbocycles. The lowest BCUT2D eigenvalue weighted by atomic mass is 10.2. The number of fused-ring (bicyclic) bond motifs is 3. The van der Waals surface area contributed by atoms with Crippen LogP contribution in [0.4, 0.5) is 5.82 Å². The fourth-order valence-electron chi connectivity index (χ4n) is 2.80. The van der Waals surface area contributed by atoms with Gasteiger partial charge in [-0.3, -0.25) is 0 Å². The minimum Gasteiger partial charge on any atom is -0.352 e. The lowest BCUT2D eigenvalue weighted by Gasteiger charge is -2.09. The number of aromatic nitrogens is 2. The first-order valence-corrected chi connectivity index (χ1v) is 7.04. The molecule has 3 heteroatoms. The van der Waals surface area contributed by atoms with E-state index in [9.17, 15) is 0 Å². The Labute approximate surface area is 122 Å². The van der Waals surface area contributed by atoms with Crippen LogP contribution in [0.3, 0.4) is 0 Å². The zero-order chi connectivity index (χ0) is 14.1. The van der Waals surface area contributed by atoms with Gasteiger partial charge < -0.3 is 9.88 Å². The van der Waals surface area contributed by atoms with E-state index in [-0.39, 0.29) is 0 Å². The molecule has 0 amide bonds. The highest BCUT2D eigenvalue weighted by Gasteiger charge is 2.08. The summed E-state index contributed by atoms with van der Waals surface area (Å²) >= 11 is 0. The van der Waals surface area contributed by atoms with Crippen molar-refractivity contribution < 1.29 is 0 Å². The van der Waals surface area contributed by atoms with Crippen molar-refractivity contribution in [3.63, 3.8) is 0 Å². The van der Waals surface area contributed by atoms with Gasteiger partial charge >= 0.3 is 0 Å². The lowest BCUT2D eigenvalue weighted by Crippen LogP contribution is -2.08. The predicted molar refractivity (Wildman–Crippen MR) is 87.3 cm³/mol. The molecule has 0 saturated heterocycles. The second kappa shape index (κ2) is 4.94. The van der Waals surface area contributed by atoms with Crippen molar-refractivity contribution in [1.29, 1.82) is 0 Å². The topological polar surface area (TPSA) is 29.9 Å². The molecular formula is C18H15N3. The number of hydrogen-bond donors (Lipinski definition) is 1. The van der Waals surface area contributed by atoms with Gasteiger partial charge in [0.05, 0.1) is 17.7 Å². The first kappa shape index (κ1) is 12.0. The van der Waals surface area contributed by atoms with Crippen molar-refractivity contribution >= 4 is 27.6 Å². The Bertz CT molecular complexity index is 841. The van der Waals surface area contributed by atoms with Gasteiger partial charge in [0, 0.05) is 17.0 Å². The summed E-state index contributed by atoms with van der Waals surface area (Å²) in [6.45, 7) is 0.699. The van der Waals surface area contributed by atoms with Gasteiger partial charge in [-0.2, -0.15) is 0 Å². The van der Waals surface area contributed by atoms with Crippen molar-refractivity contribution in [2.45, 2.75) is 6.67 Å².